The molecule has 0 amide bonds. The second-order valence-electron chi connectivity index (χ2n) is 4.87. The molecule has 0 bridgehead atoms. The predicted octanol–water partition coefficient (Wildman–Crippen LogP) is 2.77. The van der Waals surface area contributed by atoms with Crippen LogP contribution >= 0.6 is 0 Å². The van der Waals surface area contributed by atoms with Crippen LogP contribution in [0.5, 0.6) is 0 Å². The van der Waals surface area contributed by atoms with Crippen LogP contribution in [0, 0.1) is 21.7 Å². The van der Waals surface area contributed by atoms with Gasteiger partial charge in [0, 0.05) is 25.2 Å². The molecule has 0 radical (unpaired) electrons. The van der Waals surface area contributed by atoms with Gasteiger partial charge in [0.2, 0.25) is 0 Å². The lowest BCUT2D eigenvalue weighted by molar-refractivity contribution is -0.384. The van der Waals surface area contributed by atoms with Crippen molar-refractivity contribution in [3.8, 4) is 0 Å². The van der Waals surface area contributed by atoms with Crippen molar-refractivity contribution in [2.45, 2.75) is 25.8 Å². The lowest BCUT2D eigenvalue weighted by Crippen LogP contribution is -2.39. The van der Waals surface area contributed by atoms with E-state index < -0.39 is 22.2 Å². The van der Waals surface area contributed by atoms with Crippen LogP contribution in [-0.2, 0) is 0 Å². The summed E-state index contributed by atoms with van der Waals surface area (Å²) in [5.74, 6) is -2.26. The molecule has 0 atom stereocenters. The summed E-state index contributed by atoms with van der Waals surface area (Å²) in [6.45, 7) is 4.70. The molecule has 1 aromatic carbocycles. The van der Waals surface area contributed by atoms with Gasteiger partial charge in [0.05, 0.1) is 4.92 Å². The normalized spacial score (nSPS) is 17.1. The highest BCUT2D eigenvalue weighted by Crippen LogP contribution is 2.30. The number of piperidine rings is 1. The number of nitrogens with one attached hydrogen (secondary N) is 1. The van der Waals surface area contributed by atoms with Crippen molar-refractivity contribution in [3.63, 3.8) is 0 Å². The fraction of sp³-hybridized carbons (Fsp3) is 0.538. The van der Waals surface area contributed by atoms with Crippen LogP contribution in [0.15, 0.2) is 12.1 Å². The first-order valence-electron chi connectivity index (χ1n) is 6.64. The van der Waals surface area contributed by atoms with Gasteiger partial charge < -0.3 is 10.2 Å². The van der Waals surface area contributed by atoms with Crippen LogP contribution in [0.1, 0.15) is 19.8 Å². The van der Waals surface area contributed by atoms with Crippen molar-refractivity contribution >= 4 is 11.4 Å². The second kappa shape index (κ2) is 6.13. The Kier molecular flexibility index (Phi) is 4.49. The Bertz CT molecular complexity index is 503. The number of halogens is 2. The summed E-state index contributed by atoms with van der Waals surface area (Å²) in [5, 5.41) is 13.7. The predicted molar refractivity (Wildman–Crippen MR) is 71.8 cm³/mol. The van der Waals surface area contributed by atoms with Crippen LogP contribution in [0.4, 0.5) is 20.2 Å². The van der Waals surface area contributed by atoms with Gasteiger partial charge in [0.15, 0.2) is 17.3 Å². The minimum Gasteiger partial charge on any atom is -0.374 e. The third-order valence-corrected chi connectivity index (χ3v) is 3.65. The summed E-state index contributed by atoms with van der Waals surface area (Å²) >= 11 is 0. The van der Waals surface area contributed by atoms with E-state index >= 15 is 0 Å². The number of benzene rings is 1. The monoisotopic (exact) mass is 285 g/mol. The number of hydrogen-bond donors (Lipinski definition) is 1. The standard InChI is InChI=1S/C13H17F2N3O2/c1-2-17-7-5-9(6-8-17)16-13-11(18(19)20)4-3-10(14)12(13)15/h3-4,9,16H,2,5-8H2,1H3. The van der Waals surface area contributed by atoms with Gasteiger partial charge in [-0.15, -0.1) is 0 Å². The molecule has 1 fully saturated rings. The zero-order chi connectivity index (χ0) is 14.7. The molecular weight excluding hydrogens is 268 g/mol. The van der Waals surface area contributed by atoms with E-state index in [1.807, 2.05) is 0 Å². The smallest absolute Gasteiger partial charge is 0.295 e. The molecule has 0 spiro atoms. The molecule has 1 saturated heterocycles. The van der Waals surface area contributed by atoms with Gasteiger partial charge in [0.1, 0.15) is 0 Å². The Hall–Kier alpha value is -1.76. The van der Waals surface area contributed by atoms with Crippen LogP contribution in [-0.4, -0.2) is 35.5 Å². The lowest BCUT2D eigenvalue weighted by atomic mass is 10.0. The Morgan fingerprint density at radius 1 is 1.40 bits per heavy atom. The highest BCUT2D eigenvalue weighted by Gasteiger charge is 2.25. The van der Waals surface area contributed by atoms with Gasteiger partial charge in [-0.05, 0) is 25.5 Å². The maximum atomic E-state index is 13.8. The number of rotatable bonds is 4. The molecule has 5 nitrogen and oxygen atoms in total. The van der Waals surface area contributed by atoms with Gasteiger partial charge in [-0.1, -0.05) is 6.92 Å². The van der Waals surface area contributed by atoms with E-state index in [9.17, 15) is 18.9 Å². The average molecular weight is 285 g/mol. The van der Waals surface area contributed by atoms with Gasteiger partial charge in [-0.3, -0.25) is 10.1 Å². The Morgan fingerprint density at radius 2 is 2.05 bits per heavy atom. The van der Waals surface area contributed by atoms with Gasteiger partial charge >= 0.3 is 0 Å². The fourth-order valence-electron chi connectivity index (χ4n) is 2.43. The number of anilines is 1. The third-order valence-electron chi connectivity index (χ3n) is 3.65. The highest BCUT2D eigenvalue weighted by atomic mass is 19.2. The minimum atomic E-state index is -1.18. The van der Waals surface area contributed by atoms with E-state index in [2.05, 4.69) is 17.1 Å². The molecule has 1 aliphatic rings. The maximum Gasteiger partial charge on any atom is 0.295 e. The number of nitro groups is 1. The number of nitrogens with zero attached hydrogens (tertiary/aromatic N) is 2. The Balaban J connectivity index is 2.16. The zero-order valence-electron chi connectivity index (χ0n) is 11.2. The SMILES string of the molecule is CCN1CCC(Nc2c([N+](=O)[O-])ccc(F)c2F)CC1. The van der Waals surface area contributed by atoms with Crippen molar-refractivity contribution in [3.05, 3.63) is 33.9 Å². The lowest BCUT2D eigenvalue weighted by Gasteiger charge is -2.31. The highest BCUT2D eigenvalue weighted by molar-refractivity contribution is 5.63. The van der Waals surface area contributed by atoms with E-state index in [1.165, 1.54) is 0 Å². The largest absolute Gasteiger partial charge is 0.374 e. The first-order chi connectivity index (χ1) is 9.52. The van der Waals surface area contributed by atoms with Crippen molar-refractivity contribution < 1.29 is 13.7 Å². The van der Waals surface area contributed by atoms with Crippen LogP contribution < -0.4 is 5.32 Å². The van der Waals surface area contributed by atoms with Crippen LogP contribution in [0.25, 0.3) is 0 Å². The fourth-order valence-corrected chi connectivity index (χ4v) is 2.43. The summed E-state index contributed by atoms with van der Waals surface area (Å²) in [5.41, 5.74) is -0.772. The maximum absolute atomic E-state index is 13.8. The summed E-state index contributed by atoms with van der Waals surface area (Å²) < 4.78 is 27.0. The van der Waals surface area contributed by atoms with Crippen molar-refractivity contribution in [2.24, 2.45) is 0 Å². The van der Waals surface area contributed by atoms with Crippen molar-refractivity contribution in [2.75, 3.05) is 25.0 Å². The number of nitro benzene ring substituents is 1. The first-order valence-corrected chi connectivity index (χ1v) is 6.64. The number of hydrogen-bond acceptors (Lipinski definition) is 4. The molecular formula is C13H17F2N3O2. The van der Waals surface area contributed by atoms with Crippen molar-refractivity contribution in [1.82, 2.24) is 4.90 Å². The Morgan fingerprint density at radius 3 is 2.60 bits per heavy atom. The van der Waals surface area contributed by atoms with E-state index in [-0.39, 0.29) is 11.7 Å². The summed E-state index contributed by atoms with van der Waals surface area (Å²) in [4.78, 5) is 12.4. The molecule has 1 N–H and O–H groups in total. The molecule has 0 aliphatic carbocycles. The molecule has 0 saturated carbocycles. The van der Waals surface area contributed by atoms with E-state index in [4.69, 9.17) is 0 Å². The van der Waals surface area contributed by atoms with E-state index in [1.54, 1.807) is 0 Å². The molecule has 1 aromatic rings. The molecule has 110 valence electrons. The quantitative estimate of drug-likeness (QED) is 0.682. The number of likely N-dealkylation sites (tertiary alicyclic amines) is 1. The summed E-state index contributed by atoms with van der Waals surface area (Å²) in [6.07, 6.45) is 1.50. The molecule has 0 unspecified atom stereocenters. The van der Waals surface area contributed by atoms with Gasteiger partial charge in [-0.25, -0.2) is 8.78 Å². The molecule has 0 aromatic heterocycles. The summed E-state index contributed by atoms with van der Waals surface area (Å²) in [6, 6.07) is 1.69. The Labute approximate surface area is 115 Å². The van der Waals surface area contributed by atoms with Gasteiger partial charge in [0.25, 0.3) is 5.69 Å². The second-order valence-corrected chi connectivity index (χ2v) is 4.87. The summed E-state index contributed by atoms with van der Waals surface area (Å²) in [7, 11) is 0. The van der Waals surface area contributed by atoms with Crippen LogP contribution in [0.2, 0.25) is 0 Å². The molecule has 20 heavy (non-hydrogen) atoms. The molecule has 7 heteroatoms. The topological polar surface area (TPSA) is 58.4 Å². The first kappa shape index (κ1) is 14.6. The zero-order valence-corrected chi connectivity index (χ0v) is 11.2. The molecule has 1 aliphatic heterocycles. The van der Waals surface area contributed by atoms with Gasteiger partial charge in [-0.2, -0.15) is 0 Å². The van der Waals surface area contributed by atoms with E-state index in [0.717, 1.165) is 44.6 Å². The molecule has 1 heterocycles. The third kappa shape index (κ3) is 3.04. The van der Waals surface area contributed by atoms with Crippen LogP contribution in [0.3, 0.4) is 0 Å². The minimum absolute atomic E-state index is 0.0761. The molecule has 2 rings (SSSR count). The van der Waals surface area contributed by atoms with Crippen molar-refractivity contribution in [1.29, 1.82) is 0 Å². The van der Waals surface area contributed by atoms with E-state index in [0.29, 0.717) is 0 Å². The average Bonchev–Trinajstić information content (AvgIpc) is 2.44.